The Morgan fingerprint density at radius 1 is 0.905 bits per heavy atom. The van der Waals surface area contributed by atoms with E-state index in [4.69, 9.17) is 0 Å². The average molecular weight is 346 g/mol. The number of amides is 1. The van der Waals surface area contributed by atoms with E-state index in [0.717, 1.165) is 11.1 Å². The highest BCUT2D eigenvalue weighted by molar-refractivity contribution is 9.10. The number of benzene rings is 2. The van der Waals surface area contributed by atoms with Crippen LogP contribution in [0.15, 0.2) is 60.7 Å². The molecule has 0 aliphatic rings. The standard InChI is InChI=1S/C18H20BrNO/c1-18(2,19)17(21)20(13-15-9-5-3-6-10-15)14-16-11-7-4-8-12-16/h3-12H,13-14H2,1-2H3. The lowest BCUT2D eigenvalue weighted by Crippen LogP contribution is -2.40. The molecule has 3 heteroatoms. The Morgan fingerprint density at radius 3 is 1.62 bits per heavy atom. The smallest absolute Gasteiger partial charge is 0.239 e. The molecular weight excluding hydrogens is 326 g/mol. The van der Waals surface area contributed by atoms with Crippen molar-refractivity contribution < 1.29 is 4.79 Å². The molecule has 21 heavy (non-hydrogen) atoms. The number of hydrogen-bond acceptors (Lipinski definition) is 1. The first-order chi connectivity index (χ1) is 9.97. The Labute approximate surface area is 134 Å². The summed E-state index contributed by atoms with van der Waals surface area (Å²) in [5.41, 5.74) is 2.28. The Hall–Kier alpha value is -1.61. The largest absolute Gasteiger partial charge is 0.333 e. The van der Waals surface area contributed by atoms with Gasteiger partial charge < -0.3 is 4.90 Å². The summed E-state index contributed by atoms with van der Waals surface area (Å²) in [7, 11) is 0. The summed E-state index contributed by atoms with van der Waals surface area (Å²) >= 11 is 3.48. The van der Waals surface area contributed by atoms with Crippen LogP contribution in [-0.4, -0.2) is 15.1 Å². The first-order valence-corrected chi connectivity index (χ1v) is 7.82. The molecular formula is C18H20BrNO. The summed E-state index contributed by atoms with van der Waals surface area (Å²) < 4.78 is -0.559. The fourth-order valence-electron chi connectivity index (χ4n) is 2.18. The normalized spacial score (nSPS) is 11.2. The number of nitrogens with zero attached hydrogens (tertiary/aromatic N) is 1. The van der Waals surface area contributed by atoms with Crippen molar-refractivity contribution in [2.45, 2.75) is 31.3 Å². The van der Waals surface area contributed by atoms with Crippen molar-refractivity contribution in [3.05, 3.63) is 71.8 Å². The molecule has 2 aromatic rings. The highest BCUT2D eigenvalue weighted by Gasteiger charge is 2.29. The van der Waals surface area contributed by atoms with Gasteiger partial charge in [-0.25, -0.2) is 0 Å². The summed E-state index contributed by atoms with van der Waals surface area (Å²) in [4.78, 5) is 14.5. The van der Waals surface area contributed by atoms with Gasteiger partial charge in [-0.1, -0.05) is 76.6 Å². The van der Waals surface area contributed by atoms with E-state index in [1.165, 1.54) is 0 Å². The quantitative estimate of drug-likeness (QED) is 0.736. The van der Waals surface area contributed by atoms with Crippen molar-refractivity contribution in [1.82, 2.24) is 4.90 Å². The summed E-state index contributed by atoms with van der Waals surface area (Å²) in [5.74, 6) is 0.0928. The molecule has 0 aliphatic carbocycles. The maximum atomic E-state index is 12.7. The third-order valence-corrected chi connectivity index (χ3v) is 3.57. The van der Waals surface area contributed by atoms with Gasteiger partial charge in [-0.3, -0.25) is 4.79 Å². The van der Waals surface area contributed by atoms with Gasteiger partial charge in [0.1, 0.15) is 0 Å². The number of carbonyl (C=O) groups excluding carboxylic acids is 1. The monoisotopic (exact) mass is 345 g/mol. The van der Waals surface area contributed by atoms with Gasteiger partial charge in [0, 0.05) is 13.1 Å². The summed E-state index contributed by atoms with van der Waals surface area (Å²) in [6.07, 6.45) is 0. The van der Waals surface area contributed by atoms with Gasteiger partial charge in [-0.2, -0.15) is 0 Å². The molecule has 2 nitrogen and oxygen atoms in total. The van der Waals surface area contributed by atoms with Crippen LogP contribution in [0.4, 0.5) is 0 Å². The molecule has 0 saturated carbocycles. The molecule has 0 spiro atoms. The minimum atomic E-state index is -0.559. The first kappa shape index (κ1) is 15.8. The lowest BCUT2D eigenvalue weighted by Gasteiger charge is -2.28. The fraction of sp³-hybridized carbons (Fsp3) is 0.278. The summed E-state index contributed by atoms with van der Waals surface area (Å²) in [6.45, 7) is 5.00. The van der Waals surface area contributed by atoms with Crippen LogP contribution in [-0.2, 0) is 17.9 Å². The van der Waals surface area contributed by atoms with Crippen LogP contribution in [0.25, 0.3) is 0 Å². The van der Waals surface area contributed by atoms with Crippen LogP contribution < -0.4 is 0 Å². The molecule has 0 radical (unpaired) electrons. The highest BCUT2D eigenvalue weighted by atomic mass is 79.9. The molecule has 0 saturated heterocycles. The van der Waals surface area contributed by atoms with E-state index in [1.807, 2.05) is 79.4 Å². The van der Waals surface area contributed by atoms with Crippen LogP contribution in [0.2, 0.25) is 0 Å². The van der Waals surface area contributed by atoms with Gasteiger partial charge >= 0.3 is 0 Å². The number of carbonyl (C=O) groups is 1. The average Bonchev–Trinajstić information content (AvgIpc) is 2.47. The van der Waals surface area contributed by atoms with Gasteiger partial charge in [0.25, 0.3) is 0 Å². The first-order valence-electron chi connectivity index (χ1n) is 7.03. The van der Waals surface area contributed by atoms with Crippen LogP contribution >= 0.6 is 15.9 Å². The van der Waals surface area contributed by atoms with Crippen LogP contribution in [0, 0.1) is 0 Å². The van der Waals surface area contributed by atoms with Gasteiger partial charge in [-0.15, -0.1) is 0 Å². The molecule has 0 unspecified atom stereocenters. The van der Waals surface area contributed by atoms with Gasteiger partial charge in [0.15, 0.2) is 0 Å². The Bertz CT molecular complexity index is 534. The number of halogens is 1. The van der Waals surface area contributed by atoms with Gasteiger partial charge in [0.05, 0.1) is 4.32 Å². The van der Waals surface area contributed by atoms with Crippen LogP contribution in [0.3, 0.4) is 0 Å². The zero-order chi connectivity index (χ0) is 15.3. The number of alkyl halides is 1. The molecule has 0 bridgehead atoms. The molecule has 0 fully saturated rings. The minimum absolute atomic E-state index is 0.0928. The maximum absolute atomic E-state index is 12.7. The number of hydrogen-bond donors (Lipinski definition) is 0. The van der Waals surface area contributed by atoms with Crippen LogP contribution in [0.5, 0.6) is 0 Å². The van der Waals surface area contributed by atoms with Crippen molar-refractivity contribution >= 4 is 21.8 Å². The highest BCUT2D eigenvalue weighted by Crippen LogP contribution is 2.22. The Kier molecular flexibility index (Phi) is 5.18. The molecule has 0 heterocycles. The van der Waals surface area contributed by atoms with E-state index in [2.05, 4.69) is 15.9 Å². The van der Waals surface area contributed by atoms with E-state index in [-0.39, 0.29) is 5.91 Å². The van der Waals surface area contributed by atoms with Crippen molar-refractivity contribution in [2.75, 3.05) is 0 Å². The molecule has 0 aliphatic heterocycles. The molecule has 0 aromatic heterocycles. The Balaban J connectivity index is 2.20. The zero-order valence-corrected chi connectivity index (χ0v) is 14.0. The lowest BCUT2D eigenvalue weighted by atomic mass is 10.1. The second-order valence-corrected chi connectivity index (χ2v) is 7.59. The minimum Gasteiger partial charge on any atom is -0.333 e. The lowest BCUT2D eigenvalue weighted by molar-refractivity contribution is -0.134. The van der Waals surface area contributed by atoms with Gasteiger partial charge in [-0.05, 0) is 25.0 Å². The third kappa shape index (κ3) is 4.71. The second kappa shape index (κ2) is 6.90. The van der Waals surface area contributed by atoms with E-state index in [0.29, 0.717) is 13.1 Å². The third-order valence-electron chi connectivity index (χ3n) is 3.23. The SMILES string of the molecule is CC(C)(Br)C(=O)N(Cc1ccccc1)Cc1ccccc1. The van der Waals surface area contributed by atoms with Crippen molar-refractivity contribution in [1.29, 1.82) is 0 Å². The Morgan fingerprint density at radius 2 is 1.29 bits per heavy atom. The van der Waals surface area contributed by atoms with E-state index in [1.54, 1.807) is 0 Å². The topological polar surface area (TPSA) is 20.3 Å². The predicted octanol–water partition coefficient (Wildman–Crippen LogP) is 4.39. The number of rotatable bonds is 5. The molecule has 110 valence electrons. The molecule has 0 atom stereocenters. The van der Waals surface area contributed by atoms with Crippen molar-refractivity contribution in [3.63, 3.8) is 0 Å². The van der Waals surface area contributed by atoms with Crippen molar-refractivity contribution in [2.24, 2.45) is 0 Å². The zero-order valence-electron chi connectivity index (χ0n) is 12.4. The summed E-state index contributed by atoms with van der Waals surface area (Å²) in [5, 5.41) is 0. The van der Waals surface area contributed by atoms with Crippen LogP contribution in [0.1, 0.15) is 25.0 Å². The summed E-state index contributed by atoms with van der Waals surface area (Å²) in [6, 6.07) is 20.2. The molecule has 2 rings (SSSR count). The van der Waals surface area contributed by atoms with Crippen molar-refractivity contribution in [3.8, 4) is 0 Å². The second-order valence-electron chi connectivity index (χ2n) is 5.60. The fourth-order valence-corrected chi connectivity index (χ4v) is 2.43. The molecule has 0 N–H and O–H groups in total. The van der Waals surface area contributed by atoms with Gasteiger partial charge in [0.2, 0.25) is 5.91 Å². The predicted molar refractivity (Wildman–Crippen MR) is 90.1 cm³/mol. The van der Waals surface area contributed by atoms with E-state index in [9.17, 15) is 4.79 Å². The molecule has 1 amide bonds. The van der Waals surface area contributed by atoms with E-state index < -0.39 is 4.32 Å². The maximum Gasteiger partial charge on any atom is 0.239 e. The van der Waals surface area contributed by atoms with E-state index >= 15 is 0 Å². The molecule has 2 aromatic carbocycles.